The quantitative estimate of drug-likeness (QED) is 0.395. The molecule has 0 atom stereocenters. The van der Waals surface area contributed by atoms with Gasteiger partial charge >= 0.3 is 0 Å². The summed E-state index contributed by atoms with van der Waals surface area (Å²) in [5.74, 6) is 0. The lowest BCUT2D eigenvalue weighted by Crippen LogP contribution is -1.70. The highest BCUT2D eigenvalue weighted by molar-refractivity contribution is 5.55. The van der Waals surface area contributed by atoms with Gasteiger partial charge in [-0.3, -0.25) is 4.99 Å². The summed E-state index contributed by atoms with van der Waals surface area (Å²) in [6.07, 6.45) is 3.72. The van der Waals surface area contributed by atoms with Gasteiger partial charge in [-0.25, -0.2) is 0 Å². The van der Waals surface area contributed by atoms with Crippen molar-refractivity contribution in [3.8, 4) is 0 Å². The molecule has 0 aliphatic rings. The summed E-state index contributed by atoms with van der Waals surface area (Å²) in [6.45, 7) is 9.53. The van der Waals surface area contributed by atoms with Gasteiger partial charge in [0.1, 0.15) is 0 Å². The molecule has 9 heavy (non-hydrogen) atoms. The fourth-order valence-corrected chi connectivity index (χ4v) is 0.597. The van der Waals surface area contributed by atoms with Crippen LogP contribution in [0.1, 0.15) is 20.8 Å². The van der Waals surface area contributed by atoms with E-state index in [1.165, 1.54) is 0 Å². The van der Waals surface area contributed by atoms with Crippen LogP contribution in [-0.4, -0.2) is 6.21 Å². The molecule has 0 aliphatic heterocycles. The molecule has 0 aromatic rings. The molecule has 0 unspecified atom stereocenters. The molecule has 0 N–H and O–H groups in total. The van der Waals surface area contributed by atoms with Gasteiger partial charge in [-0.2, -0.15) is 0 Å². The summed E-state index contributed by atoms with van der Waals surface area (Å²) in [5.41, 5.74) is 2.04. The van der Waals surface area contributed by atoms with Gasteiger partial charge in [0.25, 0.3) is 0 Å². The Kier molecular flexibility index (Phi) is 3.69. The molecule has 0 spiro atoms. The maximum atomic E-state index is 4.04. The van der Waals surface area contributed by atoms with E-state index in [0.29, 0.717) is 0 Å². The van der Waals surface area contributed by atoms with Gasteiger partial charge in [0.05, 0.1) is 0 Å². The van der Waals surface area contributed by atoms with Gasteiger partial charge in [-0.15, -0.1) is 0 Å². The third-order valence-corrected chi connectivity index (χ3v) is 0.788. The molecule has 0 radical (unpaired) electrons. The van der Waals surface area contributed by atoms with Gasteiger partial charge in [-0.05, 0) is 26.8 Å². The Morgan fingerprint density at radius 1 is 1.44 bits per heavy atom. The number of hydrogen-bond acceptors (Lipinski definition) is 1. The van der Waals surface area contributed by atoms with Crippen LogP contribution >= 0.6 is 0 Å². The van der Waals surface area contributed by atoms with Crippen LogP contribution in [0, 0.1) is 0 Å². The van der Waals surface area contributed by atoms with Crippen LogP contribution in [0.15, 0.2) is 28.9 Å². The van der Waals surface area contributed by atoms with E-state index in [9.17, 15) is 0 Å². The van der Waals surface area contributed by atoms with Crippen molar-refractivity contribution >= 4 is 6.21 Å². The Balaban J connectivity index is 4.00. The number of nitrogens with zero attached hydrogens (tertiary/aromatic N) is 1. The topological polar surface area (TPSA) is 12.4 Å². The maximum Gasteiger partial charge on any atom is 0.0371 e. The van der Waals surface area contributed by atoms with Gasteiger partial charge < -0.3 is 0 Å². The molecule has 0 fully saturated rings. The van der Waals surface area contributed by atoms with Crippen molar-refractivity contribution in [2.75, 3.05) is 0 Å². The van der Waals surface area contributed by atoms with Crippen LogP contribution in [0.2, 0.25) is 0 Å². The average molecular weight is 123 g/mol. The van der Waals surface area contributed by atoms with Gasteiger partial charge in [0.2, 0.25) is 0 Å². The molecule has 1 nitrogen and oxygen atoms in total. The molecule has 0 saturated carbocycles. The lowest BCUT2D eigenvalue weighted by Gasteiger charge is -1.88. The Hall–Kier alpha value is -0.850. The summed E-state index contributed by atoms with van der Waals surface area (Å²) in [7, 11) is 0. The van der Waals surface area contributed by atoms with Gasteiger partial charge in [0, 0.05) is 11.9 Å². The van der Waals surface area contributed by atoms with E-state index >= 15 is 0 Å². The molecule has 1 heteroatoms. The SMILES string of the molecule is C=C(C)/C=C(C)/N=C\C. The van der Waals surface area contributed by atoms with Gasteiger partial charge in [-0.1, -0.05) is 12.2 Å². The highest BCUT2D eigenvalue weighted by atomic mass is 14.7. The van der Waals surface area contributed by atoms with E-state index in [1.54, 1.807) is 6.21 Å². The van der Waals surface area contributed by atoms with Crippen molar-refractivity contribution in [1.29, 1.82) is 0 Å². The van der Waals surface area contributed by atoms with Crippen LogP contribution in [0.25, 0.3) is 0 Å². The first-order valence-corrected chi connectivity index (χ1v) is 2.99. The molecule has 0 saturated heterocycles. The lowest BCUT2D eigenvalue weighted by atomic mass is 10.3. The van der Waals surface area contributed by atoms with E-state index < -0.39 is 0 Å². The predicted molar refractivity (Wildman–Crippen MR) is 42.7 cm³/mol. The van der Waals surface area contributed by atoms with E-state index in [4.69, 9.17) is 0 Å². The fraction of sp³-hybridized carbons (Fsp3) is 0.375. The first-order valence-electron chi connectivity index (χ1n) is 2.99. The Bertz CT molecular complexity index is 152. The predicted octanol–water partition coefficient (Wildman–Crippen LogP) is 2.56. The minimum Gasteiger partial charge on any atom is -0.266 e. The van der Waals surface area contributed by atoms with Crippen molar-refractivity contribution in [1.82, 2.24) is 0 Å². The molecular formula is C8H13N. The number of allylic oxidation sites excluding steroid dienone is 3. The van der Waals surface area contributed by atoms with Crippen LogP contribution < -0.4 is 0 Å². The summed E-state index contributed by atoms with van der Waals surface area (Å²) in [5, 5.41) is 0. The molecule has 0 aromatic carbocycles. The Morgan fingerprint density at radius 3 is 2.33 bits per heavy atom. The lowest BCUT2D eigenvalue weighted by molar-refractivity contribution is 1.29. The zero-order valence-electron chi connectivity index (χ0n) is 6.31. The van der Waals surface area contributed by atoms with Crippen molar-refractivity contribution < 1.29 is 0 Å². The Labute approximate surface area is 56.8 Å². The second kappa shape index (κ2) is 4.07. The largest absolute Gasteiger partial charge is 0.266 e. The van der Waals surface area contributed by atoms with Crippen LogP contribution in [0.3, 0.4) is 0 Å². The smallest absolute Gasteiger partial charge is 0.0371 e. The van der Waals surface area contributed by atoms with E-state index in [-0.39, 0.29) is 0 Å². The molecule has 0 aromatic heterocycles. The second-order valence-corrected chi connectivity index (χ2v) is 2.02. The Morgan fingerprint density at radius 2 is 2.00 bits per heavy atom. The minimum atomic E-state index is 1.00. The average Bonchev–Trinajstić information content (AvgIpc) is 1.63. The van der Waals surface area contributed by atoms with Crippen molar-refractivity contribution in [2.45, 2.75) is 20.8 Å². The summed E-state index contributed by atoms with van der Waals surface area (Å²) < 4.78 is 0. The van der Waals surface area contributed by atoms with Crippen molar-refractivity contribution in [2.24, 2.45) is 4.99 Å². The van der Waals surface area contributed by atoms with E-state index in [2.05, 4.69) is 11.6 Å². The summed E-state index contributed by atoms with van der Waals surface area (Å²) in [6, 6.07) is 0. The molecular weight excluding hydrogens is 110 g/mol. The first kappa shape index (κ1) is 8.15. The van der Waals surface area contributed by atoms with Crippen LogP contribution in [0.4, 0.5) is 0 Å². The zero-order chi connectivity index (χ0) is 7.28. The first-order chi connectivity index (χ1) is 4.16. The monoisotopic (exact) mass is 123 g/mol. The highest BCUT2D eigenvalue weighted by Crippen LogP contribution is 1.98. The molecule has 50 valence electrons. The maximum absolute atomic E-state index is 4.04. The number of aliphatic imine (C=N–C) groups is 1. The zero-order valence-corrected chi connectivity index (χ0v) is 6.31. The molecule has 0 aliphatic carbocycles. The molecule has 0 heterocycles. The second-order valence-electron chi connectivity index (χ2n) is 2.02. The van der Waals surface area contributed by atoms with Crippen molar-refractivity contribution in [3.63, 3.8) is 0 Å². The van der Waals surface area contributed by atoms with Crippen molar-refractivity contribution in [3.05, 3.63) is 23.9 Å². The molecule has 0 bridgehead atoms. The summed E-state index contributed by atoms with van der Waals surface area (Å²) in [4.78, 5) is 4.04. The molecule has 0 rings (SSSR count). The number of rotatable bonds is 2. The van der Waals surface area contributed by atoms with E-state index in [1.807, 2.05) is 26.8 Å². The summed E-state index contributed by atoms with van der Waals surface area (Å²) >= 11 is 0. The van der Waals surface area contributed by atoms with Crippen LogP contribution in [0.5, 0.6) is 0 Å². The number of hydrogen-bond donors (Lipinski definition) is 0. The van der Waals surface area contributed by atoms with Gasteiger partial charge in [0.15, 0.2) is 0 Å². The highest BCUT2D eigenvalue weighted by Gasteiger charge is 1.79. The fourth-order valence-electron chi connectivity index (χ4n) is 0.597. The third kappa shape index (κ3) is 5.01. The standard InChI is InChI=1S/C8H13N/c1-5-9-8(4)6-7(2)3/h5-6H,2H2,1,3-4H3/b8-6+,9-5-. The van der Waals surface area contributed by atoms with E-state index in [0.717, 1.165) is 11.3 Å². The normalized spacial score (nSPS) is 12.6. The third-order valence-electron chi connectivity index (χ3n) is 0.788. The molecule has 0 amide bonds. The van der Waals surface area contributed by atoms with Crippen LogP contribution in [-0.2, 0) is 0 Å². The minimum absolute atomic E-state index is 1.00.